The summed E-state index contributed by atoms with van der Waals surface area (Å²) >= 11 is 0. The number of methoxy groups -OCH3 is 1. The van der Waals surface area contributed by atoms with Crippen LogP contribution in [-0.2, 0) is 17.8 Å². The van der Waals surface area contributed by atoms with Gasteiger partial charge in [0.1, 0.15) is 11.6 Å². The number of aryl methyl sites for hydroxylation is 2. The van der Waals surface area contributed by atoms with Crippen molar-refractivity contribution in [3.8, 4) is 5.88 Å². The van der Waals surface area contributed by atoms with Crippen LogP contribution < -0.4 is 10.1 Å². The van der Waals surface area contributed by atoms with Crippen LogP contribution in [0.25, 0.3) is 0 Å². The van der Waals surface area contributed by atoms with Gasteiger partial charge in [-0.15, -0.1) is 0 Å². The molecule has 3 rings (SSSR count). The number of amides is 1. The molecule has 1 saturated heterocycles. The second kappa shape index (κ2) is 8.27. The highest BCUT2D eigenvalue weighted by Crippen LogP contribution is 2.31. The van der Waals surface area contributed by atoms with E-state index in [2.05, 4.69) is 32.4 Å². The van der Waals surface area contributed by atoms with E-state index in [1.54, 1.807) is 6.07 Å². The number of rotatable bonds is 7. The maximum Gasteiger partial charge on any atom is 0.254 e. The summed E-state index contributed by atoms with van der Waals surface area (Å²) in [6, 6.07) is 1.99. The highest BCUT2D eigenvalue weighted by Gasteiger charge is 2.26. The van der Waals surface area contributed by atoms with Crippen molar-refractivity contribution < 1.29 is 14.1 Å². The van der Waals surface area contributed by atoms with Crippen LogP contribution in [0.1, 0.15) is 48.1 Å². The number of aromatic nitrogens is 3. The van der Waals surface area contributed by atoms with Gasteiger partial charge in [-0.2, -0.15) is 0 Å². The van der Waals surface area contributed by atoms with Crippen molar-refractivity contribution in [2.75, 3.05) is 20.7 Å². The standard InChI is InChI=1S/C18H25N5O3/c1-12-19-10-13(18(21-12)15-5-4-8-23(15)2)11-20-16(24)7-6-14-9-17(25-3)22-26-14/h9-10,15H,4-8,11H2,1-3H3,(H,20,24)/t15-/m0/s1. The third-order valence-corrected chi connectivity index (χ3v) is 4.68. The van der Waals surface area contributed by atoms with Gasteiger partial charge in [0.05, 0.1) is 18.8 Å². The van der Waals surface area contributed by atoms with Gasteiger partial charge in [-0.25, -0.2) is 9.97 Å². The molecule has 1 aliphatic heterocycles. The molecule has 0 bridgehead atoms. The van der Waals surface area contributed by atoms with Crippen molar-refractivity contribution in [2.24, 2.45) is 0 Å². The summed E-state index contributed by atoms with van der Waals surface area (Å²) in [5.41, 5.74) is 2.00. The molecule has 1 fully saturated rings. The number of hydrogen-bond donors (Lipinski definition) is 1. The van der Waals surface area contributed by atoms with Crippen molar-refractivity contribution >= 4 is 5.91 Å². The first-order valence-electron chi connectivity index (χ1n) is 8.85. The highest BCUT2D eigenvalue weighted by atomic mass is 16.5. The average Bonchev–Trinajstić information content (AvgIpc) is 3.27. The van der Waals surface area contributed by atoms with Gasteiger partial charge < -0.3 is 14.6 Å². The molecule has 0 radical (unpaired) electrons. The van der Waals surface area contributed by atoms with E-state index in [-0.39, 0.29) is 5.91 Å². The zero-order chi connectivity index (χ0) is 18.5. The minimum absolute atomic E-state index is 0.0494. The van der Waals surface area contributed by atoms with Crippen molar-refractivity contribution in [3.05, 3.63) is 35.1 Å². The lowest BCUT2D eigenvalue weighted by Gasteiger charge is -2.21. The normalized spacial score (nSPS) is 17.4. The Bertz CT molecular complexity index is 761. The van der Waals surface area contributed by atoms with Crippen LogP contribution in [0, 0.1) is 6.92 Å². The molecule has 0 aromatic carbocycles. The molecule has 1 N–H and O–H groups in total. The summed E-state index contributed by atoms with van der Waals surface area (Å²) < 4.78 is 10.1. The Morgan fingerprint density at radius 1 is 1.50 bits per heavy atom. The number of likely N-dealkylation sites (tertiary alicyclic amines) is 1. The molecule has 26 heavy (non-hydrogen) atoms. The molecular weight excluding hydrogens is 334 g/mol. The lowest BCUT2D eigenvalue weighted by Crippen LogP contribution is -2.26. The third-order valence-electron chi connectivity index (χ3n) is 4.68. The Morgan fingerprint density at radius 3 is 3.04 bits per heavy atom. The van der Waals surface area contributed by atoms with Gasteiger partial charge in [0, 0.05) is 37.2 Å². The molecule has 0 saturated carbocycles. The van der Waals surface area contributed by atoms with Gasteiger partial charge in [-0.1, -0.05) is 0 Å². The average molecular weight is 359 g/mol. The van der Waals surface area contributed by atoms with Crippen LogP contribution in [0.4, 0.5) is 0 Å². The van der Waals surface area contributed by atoms with E-state index < -0.39 is 0 Å². The summed E-state index contributed by atoms with van der Waals surface area (Å²) in [7, 11) is 3.64. The lowest BCUT2D eigenvalue weighted by atomic mass is 10.1. The molecule has 0 spiro atoms. The van der Waals surface area contributed by atoms with Crippen LogP contribution in [0.15, 0.2) is 16.8 Å². The van der Waals surface area contributed by atoms with E-state index in [0.717, 1.165) is 36.5 Å². The van der Waals surface area contributed by atoms with E-state index in [9.17, 15) is 4.79 Å². The predicted molar refractivity (Wildman–Crippen MR) is 94.6 cm³/mol. The molecule has 0 unspecified atom stereocenters. The van der Waals surface area contributed by atoms with Crippen LogP contribution in [-0.4, -0.2) is 46.6 Å². The topological polar surface area (TPSA) is 93.4 Å². The van der Waals surface area contributed by atoms with Gasteiger partial charge in [-0.3, -0.25) is 9.69 Å². The zero-order valence-corrected chi connectivity index (χ0v) is 15.5. The van der Waals surface area contributed by atoms with E-state index in [4.69, 9.17) is 9.26 Å². The summed E-state index contributed by atoms with van der Waals surface area (Å²) in [5, 5.41) is 6.68. The summed E-state index contributed by atoms with van der Waals surface area (Å²) in [6.45, 7) is 3.39. The highest BCUT2D eigenvalue weighted by molar-refractivity contribution is 5.76. The first kappa shape index (κ1) is 18.3. The largest absolute Gasteiger partial charge is 0.479 e. The first-order valence-corrected chi connectivity index (χ1v) is 8.85. The number of carbonyl (C=O) groups is 1. The van der Waals surface area contributed by atoms with Crippen LogP contribution >= 0.6 is 0 Å². The van der Waals surface area contributed by atoms with Gasteiger partial charge >= 0.3 is 0 Å². The van der Waals surface area contributed by atoms with E-state index in [0.29, 0.717) is 37.1 Å². The molecule has 8 nitrogen and oxygen atoms in total. The van der Waals surface area contributed by atoms with Crippen LogP contribution in [0.2, 0.25) is 0 Å². The molecular formula is C18H25N5O3. The minimum Gasteiger partial charge on any atom is -0.479 e. The summed E-state index contributed by atoms with van der Waals surface area (Å²) in [6.07, 6.45) is 4.87. The number of ether oxygens (including phenoxy) is 1. The predicted octanol–water partition coefficient (Wildman–Crippen LogP) is 1.80. The van der Waals surface area contributed by atoms with Crippen molar-refractivity contribution in [2.45, 2.75) is 45.2 Å². The Balaban J connectivity index is 1.57. The fourth-order valence-electron chi connectivity index (χ4n) is 3.22. The summed E-state index contributed by atoms with van der Waals surface area (Å²) in [5.74, 6) is 1.76. The maximum atomic E-state index is 12.2. The van der Waals surface area contributed by atoms with E-state index >= 15 is 0 Å². The zero-order valence-electron chi connectivity index (χ0n) is 15.5. The van der Waals surface area contributed by atoms with Gasteiger partial charge in [0.15, 0.2) is 0 Å². The Kier molecular flexibility index (Phi) is 5.82. The van der Waals surface area contributed by atoms with Crippen molar-refractivity contribution in [1.29, 1.82) is 0 Å². The Morgan fingerprint density at radius 2 is 2.35 bits per heavy atom. The van der Waals surface area contributed by atoms with Gasteiger partial charge in [-0.05, 0) is 38.5 Å². The molecule has 8 heteroatoms. The van der Waals surface area contributed by atoms with Crippen LogP contribution in [0.3, 0.4) is 0 Å². The smallest absolute Gasteiger partial charge is 0.254 e. The monoisotopic (exact) mass is 359 g/mol. The van der Waals surface area contributed by atoms with Gasteiger partial charge in [0.2, 0.25) is 5.91 Å². The number of carbonyl (C=O) groups excluding carboxylic acids is 1. The lowest BCUT2D eigenvalue weighted by molar-refractivity contribution is -0.121. The molecule has 3 heterocycles. The van der Waals surface area contributed by atoms with E-state index in [1.807, 2.05) is 13.1 Å². The first-order chi connectivity index (χ1) is 12.6. The molecule has 140 valence electrons. The fraction of sp³-hybridized carbons (Fsp3) is 0.556. The second-order valence-corrected chi connectivity index (χ2v) is 6.58. The Hall–Kier alpha value is -2.48. The molecule has 1 amide bonds. The number of nitrogens with one attached hydrogen (secondary N) is 1. The number of nitrogens with zero attached hydrogens (tertiary/aromatic N) is 4. The molecule has 2 aromatic rings. The molecule has 2 aromatic heterocycles. The van der Waals surface area contributed by atoms with Crippen LogP contribution in [0.5, 0.6) is 5.88 Å². The van der Waals surface area contributed by atoms with Crippen molar-refractivity contribution in [3.63, 3.8) is 0 Å². The second-order valence-electron chi connectivity index (χ2n) is 6.58. The third kappa shape index (κ3) is 4.37. The quantitative estimate of drug-likeness (QED) is 0.805. The number of hydrogen-bond acceptors (Lipinski definition) is 7. The maximum absolute atomic E-state index is 12.2. The Labute approximate surface area is 152 Å². The fourth-order valence-corrected chi connectivity index (χ4v) is 3.22. The SMILES string of the molecule is COc1cc(CCC(=O)NCc2cnc(C)nc2[C@@H]2CCCN2C)on1. The molecule has 1 atom stereocenters. The summed E-state index contributed by atoms with van der Waals surface area (Å²) in [4.78, 5) is 23.4. The molecule has 0 aliphatic carbocycles. The van der Waals surface area contributed by atoms with Gasteiger partial charge in [0.25, 0.3) is 5.88 Å². The van der Waals surface area contributed by atoms with E-state index in [1.165, 1.54) is 7.11 Å². The molecule has 1 aliphatic rings. The van der Waals surface area contributed by atoms with Crippen molar-refractivity contribution in [1.82, 2.24) is 25.3 Å². The minimum atomic E-state index is -0.0494.